The van der Waals surface area contributed by atoms with Gasteiger partial charge in [0.05, 0.1) is 16.7 Å². The molecule has 1 aromatic heterocycles. The van der Waals surface area contributed by atoms with Gasteiger partial charge in [-0.2, -0.15) is 0 Å². The first-order valence-electron chi connectivity index (χ1n) is 10.3. The highest BCUT2D eigenvalue weighted by molar-refractivity contribution is 6.36. The fourth-order valence-electron chi connectivity index (χ4n) is 4.72. The van der Waals surface area contributed by atoms with E-state index in [-0.39, 0.29) is 23.4 Å². The summed E-state index contributed by atoms with van der Waals surface area (Å²) in [6.07, 6.45) is 0. The van der Waals surface area contributed by atoms with Crippen molar-refractivity contribution in [2.75, 3.05) is 4.90 Å². The van der Waals surface area contributed by atoms with Gasteiger partial charge in [0.2, 0.25) is 0 Å². The number of nitrogens with zero attached hydrogens (tertiary/aromatic N) is 3. The van der Waals surface area contributed by atoms with E-state index in [1.165, 1.54) is 9.47 Å². The van der Waals surface area contributed by atoms with Crippen LogP contribution in [0.1, 0.15) is 51.6 Å². The van der Waals surface area contributed by atoms with Crippen molar-refractivity contribution < 1.29 is 9.59 Å². The summed E-state index contributed by atoms with van der Waals surface area (Å²) in [6.45, 7) is 6.06. The summed E-state index contributed by atoms with van der Waals surface area (Å²) >= 11 is 0. The van der Waals surface area contributed by atoms with Crippen molar-refractivity contribution in [2.24, 2.45) is 14.1 Å². The Kier molecular flexibility index (Phi) is 3.99. The fraction of sp³-hybridized carbons (Fsp3) is 0.240. The number of hydrogen-bond acceptors (Lipinski definition) is 3. The second-order valence-electron chi connectivity index (χ2n) is 8.56. The fourth-order valence-corrected chi connectivity index (χ4v) is 4.72. The molecule has 0 N–H and O–H groups in total. The molecule has 2 amide bonds. The molecule has 3 aromatic carbocycles. The number of hydrogen-bond donors (Lipinski definition) is 0. The molecule has 1 aliphatic heterocycles. The quantitative estimate of drug-likeness (QED) is 0.461. The lowest BCUT2D eigenvalue weighted by Gasteiger charge is -2.29. The summed E-state index contributed by atoms with van der Waals surface area (Å²) < 4.78 is 3.09. The predicted molar refractivity (Wildman–Crippen MR) is 122 cm³/mol. The SMILES string of the molecule is Cc1cc2c(cc1N1C(=O)c3cccc4c(C(C)C)ccc(c34)C1=O)n(C)c(=O)n2C. The highest BCUT2D eigenvalue weighted by atomic mass is 16.2. The van der Waals surface area contributed by atoms with Gasteiger partial charge in [0.25, 0.3) is 11.8 Å². The minimum Gasteiger partial charge on any atom is -0.295 e. The van der Waals surface area contributed by atoms with Crippen LogP contribution in [0.2, 0.25) is 0 Å². The van der Waals surface area contributed by atoms with Gasteiger partial charge in [-0.25, -0.2) is 9.69 Å². The molecular formula is C25H23N3O3. The molecule has 0 unspecified atom stereocenters. The number of benzene rings is 3. The molecule has 1 aliphatic rings. The summed E-state index contributed by atoms with van der Waals surface area (Å²) in [5, 5.41) is 1.68. The zero-order valence-corrected chi connectivity index (χ0v) is 18.2. The normalized spacial score (nSPS) is 13.8. The molecule has 4 aromatic rings. The molecule has 0 radical (unpaired) electrons. The van der Waals surface area contributed by atoms with Crippen LogP contribution in [0, 0.1) is 6.92 Å². The van der Waals surface area contributed by atoms with E-state index in [4.69, 9.17) is 0 Å². The largest absolute Gasteiger partial charge is 0.328 e. The second kappa shape index (κ2) is 6.41. The second-order valence-corrected chi connectivity index (χ2v) is 8.56. The first-order valence-corrected chi connectivity index (χ1v) is 10.3. The lowest BCUT2D eigenvalue weighted by Crippen LogP contribution is -2.41. The highest BCUT2D eigenvalue weighted by Crippen LogP contribution is 2.38. The van der Waals surface area contributed by atoms with Crippen molar-refractivity contribution in [2.45, 2.75) is 26.7 Å². The topological polar surface area (TPSA) is 64.3 Å². The summed E-state index contributed by atoms with van der Waals surface area (Å²) in [5.41, 5.74) is 4.70. The molecule has 0 bridgehead atoms. The number of carbonyl (C=O) groups is 2. The van der Waals surface area contributed by atoms with Crippen LogP contribution in [-0.4, -0.2) is 20.9 Å². The van der Waals surface area contributed by atoms with E-state index in [1.807, 2.05) is 37.3 Å². The third kappa shape index (κ3) is 2.48. The molecule has 2 heterocycles. The molecule has 0 saturated carbocycles. The standard InChI is InChI=1S/C25H23N3O3/c1-13(2)15-9-10-18-22-16(15)7-6-8-17(22)23(29)28(24(18)30)19-12-21-20(11-14(19)3)26(4)25(31)27(21)5/h6-13H,1-5H3. The van der Waals surface area contributed by atoms with Crippen LogP contribution in [0.25, 0.3) is 21.8 Å². The van der Waals surface area contributed by atoms with Crippen LogP contribution in [0.4, 0.5) is 5.69 Å². The van der Waals surface area contributed by atoms with E-state index in [2.05, 4.69) is 13.8 Å². The average Bonchev–Trinajstić information content (AvgIpc) is 2.95. The lowest BCUT2D eigenvalue weighted by atomic mass is 9.87. The average molecular weight is 413 g/mol. The predicted octanol–water partition coefficient (Wildman–Crippen LogP) is 4.26. The van der Waals surface area contributed by atoms with Crippen molar-refractivity contribution >= 4 is 39.3 Å². The van der Waals surface area contributed by atoms with Crippen LogP contribution >= 0.6 is 0 Å². The maximum atomic E-state index is 13.6. The van der Waals surface area contributed by atoms with Gasteiger partial charge in [0.1, 0.15) is 0 Å². The maximum Gasteiger partial charge on any atom is 0.328 e. The number of aromatic nitrogens is 2. The Morgan fingerprint density at radius 3 is 2.06 bits per heavy atom. The van der Waals surface area contributed by atoms with Gasteiger partial charge in [0.15, 0.2) is 0 Å². The molecule has 0 fully saturated rings. The molecule has 6 heteroatoms. The van der Waals surface area contributed by atoms with Crippen LogP contribution in [0.3, 0.4) is 0 Å². The summed E-state index contributed by atoms with van der Waals surface area (Å²) in [4.78, 5) is 40.8. The van der Waals surface area contributed by atoms with Crippen molar-refractivity contribution in [3.63, 3.8) is 0 Å². The smallest absolute Gasteiger partial charge is 0.295 e. The van der Waals surface area contributed by atoms with Gasteiger partial charge in [-0.15, -0.1) is 0 Å². The number of amides is 2. The van der Waals surface area contributed by atoms with Crippen LogP contribution in [0.5, 0.6) is 0 Å². The zero-order valence-electron chi connectivity index (χ0n) is 18.2. The van der Waals surface area contributed by atoms with E-state index in [0.717, 1.165) is 27.4 Å². The van der Waals surface area contributed by atoms with Gasteiger partial charge in [-0.1, -0.05) is 32.0 Å². The Balaban J connectivity index is 1.78. The molecule has 0 spiro atoms. The van der Waals surface area contributed by atoms with Crippen molar-refractivity contribution in [3.8, 4) is 0 Å². The van der Waals surface area contributed by atoms with Crippen LogP contribution in [-0.2, 0) is 14.1 Å². The maximum absolute atomic E-state index is 13.6. The van der Waals surface area contributed by atoms with Gasteiger partial charge < -0.3 is 0 Å². The molecule has 0 atom stereocenters. The Labute approximate surface area is 179 Å². The van der Waals surface area contributed by atoms with E-state index in [0.29, 0.717) is 22.3 Å². The lowest BCUT2D eigenvalue weighted by molar-refractivity contribution is 0.0893. The van der Waals surface area contributed by atoms with Gasteiger partial charge in [0, 0.05) is 30.6 Å². The minimum absolute atomic E-state index is 0.154. The van der Waals surface area contributed by atoms with Crippen molar-refractivity contribution in [1.82, 2.24) is 9.13 Å². The van der Waals surface area contributed by atoms with E-state index in [9.17, 15) is 14.4 Å². The summed E-state index contributed by atoms with van der Waals surface area (Å²) in [5.74, 6) is -0.406. The molecule has 156 valence electrons. The Bertz CT molecular complexity index is 1480. The molecule has 6 nitrogen and oxygen atoms in total. The summed E-state index contributed by atoms with van der Waals surface area (Å²) in [6, 6.07) is 13.1. The number of aryl methyl sites for hydroxylation is 3. The number of imidazole rings is 1. The Hall–Kier alpha value is -3.67. The number of imide groups is 1. The monoisotopic (exact) mass is 413 g/mol. The Morgan fingerprint density at radius 1 is 0.806 bits per heavy atom. The number of rotatable bonds is 2. The van der Waals surface area contributed by atoms with Gasteiger partial charge >= 0.3 is 5.69 Å². The first-order chi connectivity index (χ1) is 14.7. The van der Waals surface area contributed by atoms with Crippen molar-refractivity contribution in [1.29, 1.82) is 0 Å². The molecular weight excluding hydrogens is 390 g/mol. The Morgan fingerprint density at radius 2 is 1.42 bits per heavy atom. The molecule has 0 saturated heterocycles. The number of fused-ring (bicyclic) bond motifs is 1. The van der Waals surface area contributed by atoms with Crippen molar-refractivity contribution in [3.05, 3.63) is 75.2 Å². The number of carbonyl (C=O) groups excluding carboxylic acids is 2. The van der Waals surface area contributed by atoms with E-state index < -0.39 is 0 Å². The molecule has 5 rings (SSSR count). The zero-order chi connectivity index (χ0) is 22.2. The van der Waals surface area contributed by atoms with E-state index in [1.54, 1.807) is 30.8 Å². The van der Waals surface area contributed by atoms with Crippen LogP contribution < -0.4 is 10.6 Å². The third-order valence-corrected chi connectivity index (χ3v) is 6.39. The van der Waals surface area contributed by atoms with E-state index >= 15 is 0 Å². The van der Waals surface area contributed by atoms with Gasteiger partial charge in [-0.05, 0) is 53.6 Å². The molecule has 31 heavy (non-hydrogen) atoms. The third-order valence-electron chi connectivity index (χ3n) is 6.39. The summed E-state index contributed by atoms with van der Waals surface area (Å²) in [7, 11) is 3.40. The number of anilines is 1. The minimum atomic E-state index is -0.340. The molecule has 0 aliphatic carbocycles. The first kappa shape index (κ1) is 19.3. The van der Waals surface area contributed by atoms with Gasteiger partial charge in [-0.3, -0.25) is 18.7 Å². The van der Waals surface area contributed by atoms with Crippen LogP contribution in [0.15, 0.2) is 47.3 Å². The highest BCUT2D eigenvalue weighted by Gasteiger charge is 2.35.